The Labute approximate surface area is 61.2 Å². The highest BCUT2D eigenvalue weighted by molar-refractivity contribution is 5.27. The Hall–Kier alpha value is -0.800. The van der Waals surface area contributed by atoms with Crippen molar-refractivity contribution in [2.24, 2.45) is 0 Å². The first-order valence-electron chi connectivity index (χ1n) is 3.14. The molecule has 0 fully saturated rings. The fraction of sp³-hybridized carbons (Fsp3) is 0.429. The lowest BCUT2D eigenvalue weighted by Crippen LogP contribution is -2.14. The second-order valence-electron chi connectivity index (χ2n) is 2.27. The van der Waals surface area contributed by atoms with Crippen molar-refractivity contribution >= 4 is 0 Å². The first-order chi connectivity index (χ1) is 5.02. The number of rotatable bonds is 0. The summed E-state index contributed by atoms with van der Waals surface area (Å²) in [6.07, 6.45) is -2.22. The van der Waals surface area contributed by atoms with Crippen LogP contribution in [0.2, 0.25) is 0 Å². The van der Waals surface area contributed by atoms with Crippen molar-refractivity contribution in [1.29, 1.82) is 0 Å². The molecule has 0 aromatic rings. The van der Waals surface area contributed by atoms with Crippen molar-refractivity contribution in [3.63, 3.8) is 0 Å². The summed E-state index contributed by atoms with van der Waals surface area (Å²) < 4.78 is 48.0. The Morgan fingerprint density at radius 3 is 2.27 bits per heavy atom. The van der Waals surface area contributed by atoms with E-state index in [9.17, 15) is 17.6 Å². The van der Waals surface area contributed by atoms with E-state index in [1.807, 2.05) is 0 Å². The van der Waals surface area contributed by atoms with Crippen molar-refractivity contribution in [2.75, 3.05) is 0 Å². The molecule has 0 saturated carbocycles. The molecule has 0 radical (unpaired) electrons. The zero-order chi connectivity index (χ0) is 8.48. The van der Waals surface area contributed by atoms with Crippen LogP contribution in [0.25, 0.3) is 0 Å². The minimum absolute atomic E-state index is 0.244. The highest BCUT2D eigenvalue weighted by Gasteiger charge is 2.36. The molecule has 0 aromatic heterocycles. The highest BCUT2D eigenvalue weighted by atomic mass is 19.4. The van der Waals surface area contributed by atoms with Crippen molar-refractivity contribution in [3.05, 3.63) is 23.6 Å². The number of alkyl halides is 3. The standard InChI is InChI=1S/C7H6F4/c8-6-4-2-1-3-5(6)7(9,10)11/h2,4H,1,3H2. The molecule has 0 aromatic carbocycles. The summed E-state index contributed by atoms with van der Waals surface area (Å²) in [6.45, 7) is 0. The molecular weight excluding hydrogens is 160 g/mol. The van der Waals surface area contributed by atoms with Crippen LogP contribution in [-0.2, 0) is 0 Å². The van der Waals surface area contributed by atoms with Gasteiger partial charge >= 0.3 is 6.18 Å². The lowest BCUT2D eigenvalue weighted by Gasteiger charge is -2.13. The van der Waals surface area contributed by atoms with Crippen LogP contribution in [0.3, 0.4) is 0 Å². The molecule has 4 heteroatoms. The molecule has 0 aliphatic heterocycles. The van der Waals surface area contributed by atoms with E-state index in [4.69, 9.17) is 0 Å². The topological polar surface area (TPSA) is 0 Å². The van der Waals surface area contributed by atoms with Gasteiger partial charge in [-0.25, -0.2) is 4.39 Å². The zero-order valence-corrected chi connectivity index (χ0v) is 5.58. The average molecular weight is 166 g/mol. The predicted molar refractivity (Wildman–Crippen MR) is 32.6 cm³/mol. The van der Waals surface area contributed by atoms with Gasteiger partial charge in [-0.2, -0.15) is 13.2 Å². The summed E-state index contributed by atoms with van der Waals surface area (Å²) >= 11 is 0. The minimum Gasteiger partial charge on any atom is -0.207 e. The van der Waals surface area contributed by atoms with E-state index < -0.39 is 17.6 Å². The van der Waals surface area contributed by atoms with Crippen molar-refractivity contribution in [1.82, 2.24) is 0 Å². The van der Waals surface area contributed by atoms with E-state index in [-0.39, 0.29) is 12.8 Å². The Kier molecular flexibility index (Phi) is 2.02. The third kappa shape index (κ3) is 1.82. The van der Waals surface area contributed by atoms with E-state index in [1.165, 1.54) is 6.08 Å². The molecule has 0 saturated heterocycles. The molecule has 0 amide bonds. The van der Waals surface area contributed by atoms with Gasteiger partial charge in [0.2, 0.25) is 0 Å². The molecule has 1 rings (SSSR count). The van der Waals surface area contributed by atoms with Crippen LogP contribution in [0, 0.1) is 0 Å². The maximum atomic E-state index is 12.4. The van der Waals surface area contributed by atoms with E-state index in [0.29, 0.717) is 0 Å². The van der Waals surface area contributed by atoms with Gasteiger partial charge < -0.3 is 0 Å². The number of hydrogen-bond acceptors (Lipinski definition) is 0. The lowest BCUT2D eigenvalue weighted by atomic mass is 10.0. The largest absolute Gasteiger partial charge is 0.415 e. The van der Waals surface area contributed by atoms with E-state index in [1.54, 1.807) is 0 Å². The van der Waals surface area contributed by atoms with Gasteiger partial charge in [0.05, 0.1) is 5.57 Å². The summed E-state index contributed by atoms with van der Waals surface area (Å²) in [5.74, 6) is -1.15. The van der Waals surface area contributed by atoms with Crippen molar-refractivity contribution < 1.29 is 17.6 Å². The van der Waals surface area contributed by atoms with Crippen LogP contribution in [0.5, 0.6) is 0 Å². The molecule has 0 spiro atoms. The van der Waals surface area contributed by atoms with Crippen LogP contribution in [0.15, 0.2) is 23.6 Å². The van der Waals surface area contributed by atoms with E-state index >= 15 is 0 Å². The number of halogens is 4. The number of hydrogen-bond donors (Lipinski definition) is 0. The van der Waals surface area contributed by atoms with Crippen molar-refractivity contribution in [3.8, 4) is 0 Å². The van der Waals surface area contributed by atoms with Gasteiger partial charge in [-0.1, -0.05) is 6.08 Å². The first-order valence-corrected chi connectivity index (χ1v) is 3.14. The van der Waals surface area contributed by atoms with Crippen LogP contribution in [0.1, 0.15) is 12.8 Å². The molecule has 0 unspecified atom stereocenters. The van der Waals surface area contributed by atoms with Gasteiger partial charge in [0.1, 0.15) is 5.83 Å². The molecule has 0 bridgehead atoms. The van der Waals surface area contributed by atoms with E-state index in [2.05, 4.69) is 0 Å². The molecule has 62 valence electrons. The molecule has 0 atom stereocenters. The Balaban J connectivity index is 2.93. The minimum atomic E-state index is -4.51. The molecular formula is C7H6F4. The summed E-state index contributed by atoms with van der Waals surface area (Å²) in [6, 6.07) is 0. The summed E-state index contributed by atoms with van der Waals surface area (Å²) in [5.41, 5.74) is -1.04. The van der Waals surface area contributed by atoms with Crippen molar-refractivity contribution in [2.45, 2.75) is 19.0 Å². The average Bonchev–Trinajstić information content (AvgIpc) is 1.86. The Bertz CT molecular complexity index is 209. The van der Waals surface area contributed by atoms with Gasteiger partial charge in [-0.3, -0.25) is 0 Å². The van der Waals surface area contributed by atoms with E-state index in [0.717, 1.165) is 6.08 Å². The fourth-order valence-electron chi connectivity index (χ4n) is 0.912. The molecule has 0 heterocycles. The van der Waals surface area contributed by atoms with Crippen LogP contribution >= 0.6 is 0 Å². The Morgan fingerprint density at radius 1 is 1.27 bits per heavy atom. The second kappa shape index (κ2) is 2.68. The van der Waals surface area contributed by atoms with Crippen LogP contribution < -0.4 is 0 Å². The van der Waals surface area contributed by atoms with Gasteiger partial charge in [0, 0.05) is 0 Å². The number of allylic oxidation sites excluding steroid dienone is 4. The SMILES string of the molecule is FC1=C(C(F)(F)F)CCC=C1. The fourth-order valence-corrected chi connectivity index (χ4v) is 0.912. The lowest BCUT2D eigenvalue weighted by molar-refractivity contribution is -0.0957. The van der Waals surface area contributed by atoms with Gasteiger partial charge in [0.25, 0.3) is 0 Å². The molecule has 0 nitrogen and oxygen atoms in total. The third-order valence-electron chi connectivity index (χ3n) is 1.46. The predicted octanol–water partition coefficient (Wildman–Crippen LogP) is 3.12. The first kappa shape index (κ1) is 8.30. The smallest absolute Gasteiger partial charge is 0.207 e. The summed E-state index contributed by atoms with van der Waals surface area (Å²) in [5, 5.41) is 0. The molecule has 1 aliphatic rings. The van der Waals surface area contributed by atoms with Crippen LogP contribution in [-0.4, -0.2) is 6.18 Å². The maximum absolute atomic E-state index is 12.4. The molecule has 1 aliphatic carbocycles. The second-order valence-corrected chi connectivity index (χ2v) is 2.27. The third-order valence-corrected chi connectivity index (χ3v) is 1.46. The van der Waals surface area contributed by atoms with Gasteiger partial charge in [-0.15, -0.1) is 0 Å². The highest BCUT2D eigenvalue weighted by Crippen LogP contribution is 2.34. The molecule has 0 N–H and O–H groups in total. The normalized spacial score (nSPS) is 19.3. The summed E-state index contributed by atoms with van der Waals surface area (Å²) in [4.78, 5) is 0. The zero-order valence-electron chi connectivity index (χ0n) is 5.58. The van der Waals surface area contributed by atoms with Gasteiger partial charge in [0.15, 0.2) is 0 Å². The maximum Gasteiger partial charge on any atom is 0.415 e. The van der Waals surface area contributed by atoms with Crippen LogP contribution in [0.4, 0.5) is 17.6 Å². The monoisotopic (exact) mass is 166 g/mol. The summed E-state index contributed by atoms with van der Waals surface area (Å²) in [7, 11) is 0. The Morgan fingerprint density at radius 2 is 1.91 bits per heavy atom. The van der Waals surface area contributed by atoms with Gasteiger partial charge in [-0.05, 0) is 18.9 Å². The molecule has 11 heavy (non-hydrogen) atoms. The quantitative estimate of drug-likeness (QED) is 0.485.